The second kappa shape index (κ2) is 6.03. The third-order valence-electron chi connectivity index (χ3n) is 3.09. The largest absolute Gasteiger partial charge is 0.334 e. The third-order valence-corrected chi connectivity index (χ3v) is 3.09. The summed E-state index contributed by atoms with van der Waals surface area (Å²) in [6.45, 7) is 5.76. The SMILES string of the molecule is CC(C)(C)NC(=O)N[C@H](C=O)C1CCCCC1. The minimum Gasteiger partial charge on any atom is -0.334 e. The molecule has 98 valence electrons. The predicted molar refractivity (Wildman–Crippen MR) is 67.8 cm³/mol. The molecule has 0 aromatic heterocycles. The maximum Gasteiger partial charge on any atom is 0.315 e. The lowest BCUT2D eigenvalue weighted by molar-refractivity contribution is -0.110. The van der Waals surface area contributed by atoms with Crippen LogP contribution in [0, 0.1) is 5.92 Å². The Bertz CT molecular complexity index is 265. The molecule has 0 aromatic carbocycles. The van der Waals surface area contributed by atoms with E-state index < -0.39 is 0 Å². The molecule has 1 atom stereocenters. The number of aldehydes is 1. The lowest BCUT2D eigenvalue weighted by atomic mass is 9.84. The van der Waals surface area contributed by atoms with E-state index in [1.54, 1.807) is 0 Å². The molecular formula is C13H24N2O2. The summed E-state index contributed by atoms with van der Waals surface area (Å²) < 4.78 is 0. The Balaban J connectivity index is 2.45. The van der Waals surface area contributed by atoms with Crippen molar-refractivity contribution in [1.29, 1.82) is 0 Å². The fourth-order valence-electron chi connectivity index (χ4n) is 2.28. The highest BCUT2D eigenvalue weighted by atomic mass is 16.2. The van der Waals surface area contributed by atoms with Gasteiger partial charge in [-0.3, -0.25) is 0 Å². The monoisotopic (exact) mass is 240 g/mol. The molecule has 0 spiro atoms. The number of carbonyl (C=O) groups is 2. The molecule has 1 saturated carbocycles. The molecule has 1 aliphatic rings. The van der Waals surface area contributed by atoms with Crippen LogP contribution in [0.5, 0.6) is 0 Å². The molecule has 2 amide bonds. The lowest BCUT2D eigenvalue weighted by Crippen LogP contribution is -2.52. The lowest BCUT2D eigenvalue weighted by Gasteiger charge is -2.29. The van der Waals surface area contributed by atoms with E-state index in [0.717, 1.165) is 32.0 Å². The first-order valence-electron chi connectivity index (χ1n) is 6.46. The van der Waals surface area contributed by atoms with Gasteiger partial charge < -0.3 is 15.4 Å². The number of hydrogen-bond acceptors (Lipinski definition) is 2. The number of rotatable bonds is 3. The molecule has 0 aromatic rings. The van der Waals surface area contributed by atoms with Crippen molar-refractivity contribution in [2.24, 2.45) is 5.92 Å². The normalized spacial score (nSPS) is 19.5. The van der Waals surface area contributed by atoms with Gasteiger partial charge in [0.25, 0.3) is 0 Å². The maximum atomic E-state index is 11.7. The summed E-state index contributed by atoms with van der Waals surface area (Å²) in [7, 11) is 0. The topological polar surface area (TPSA) is 58.2 Å². The van der Waals surface area contributed by atoms with Gasteiger partial charge in [-0.15, -0.1) is 0 Å². The minimum atomic E-state index is -0.336. The highest BCUT2D eigenvalue weighted by molar-refractivity contribution is 5.78. The van der Waals surface area contributed by atoms with Crippen molar-refractivity contribution in [2.75, 3.05) is 0 Å². The van der Waals surface area contributed by atoms with Crippen molar-refractivity contribution in [2.45, 2.75) is 64.5 Å². The van der Waals surface area contributed by atoms with Crippen molar-refractivity contribution in [3.63, 3.8) is 0 Å². The van der Waals surface area contributed by atoms with Crippen LogP contribution in [0.25, 0.3) is 0 Å². The Kier molecular flexibility index (Phi) is 4.97. The van der Waals surface area contributed by atoms with E-state index in [4.69, 9.17) is 0 Å². The summed E-state index contributed by atoms with van der Waals surface area (Å²) in [5.41, 5.74) is -0.274. The molecule has 4 nitrogen and oxygen atoms in total. The van der Waals surface area contributed by atoms with Gasteiger partial charge in [-0.1, -0.05) is 19.3 Å². The van der Waals surface area contributed by atoms with Gasteiger partial charge in [0, 0.05) is 5.54 Å². The van der Waals surface area contributed by atoms with E-state index >= 15 is 0 Å². The number of hydrogen-bond donors (Lipinski definition) is 2. The van der Waals surface area contributed by atoms with Crippen LogP contribution in [0.15, 0.2) is 0 Å². The summed E-state index contributed by atoms with van der Waals surface area (Å²) in [4.78, 5) is 22.8. The number of amides is 2. The second-order valence-corrected chi connectivity index (χ2v) is 5.91. The zero-order chi connectivity index (χ0) is 12.9. The van der Waals surface area contributed by atoms with E-state index in [2.05, 4.69) is 10.6 Å². The predicted octanol–water partition coefficient (Wildman–Crippen LogP) is 2.23. The van der Waals surface area contributed by atoms with Crippen molar-refractivity contribution in [3.05, 3.63) is 0 Å². The van der Waals surface area contributed by atoms with E-state index in [0.29, 0.717) is 5.92 Å². The molecule has 0 heterocycles. The molecule has 4 heteroatoms. The average molecular weight is 240 g/mol. The minimum absolute atomic E-state index is 0.250. The molecule has 17 heavy (non-hydrogen) atoms. The Hall–Kier alpha value is -1.06. The first-order chi connectivity index (χ1) is 7.92. The van der Waals surface area contributed by atoms with Crippen LogP contribution in [-0.2, 0) is 4.79 Å². The molecule has 1 aliphatic carbocycles. The Morgan fingerprint density at radius 3 is 2.29 bits per heavy atom. The standard InChI is InChI=1S/C13H24N2O2/c1-13(2,3)15-12(17)14-11(9-16)10-7-5-4-6-8-10/h9-11H,4-8H2,1-3H3,(H2,14,15,17)/t11-/m1/s1. The molecule has 2 N–H and O–H groups in total. The highest BCUT2D eigenvalue weighted by Crippen LogP contribution is 2.25. The van der Waals surface area contributed by atoms with E-state index in [9.17, 15) is 9.59 Å². The van der Waals surface area contributed by atoms with Crippen molar-refractivity contribution in [1.82, 2.24) is 10.6 Å². The maximum absolute atomic E-state index is 11.7. The van der Waals surface area contributed by atoms with Gasteiger partial charge in [-0.2, -0.15) is 0 Å². The smallest absolute Gasteiger partial charge is 0.315 e. The van der Waals surface area contributed by atoms with Crippen LogP contribution in [0.4, 0.5) is 4.79 Å². The van der Waals surface area contributed by atoms with Crippen molar-refractivity contribution < 1.29 is 9.59 Å². The average Bonchev–Trinajstić information content (AvgIpc) is 2.24. The third kappa shape index (κ3) is 5.20. The van der Waals surface area contributed by atoms with Crippen LogP contribution in [0.3, 0.4) is 0 Å². The Labute approximate surface area is 104 Å². The highest BCUT2D eigenvalue weighted by Gasteiger charge is 2.25. The van der Waals surface area contributed by atoms with Crippen LogP contribution in [-0.4, -0.2) is 23.9 Å². The number of nitrogens with one attached hydrogen (secondary N) is 2. The zero-order valence-electron chi connectivity index (χ0n) is 11.1. The van der Waals surface area contributed by atoms with Crippen molar-refractivity contribution >= 4 is 12.3 Å². The van der Waals surface area contributed by atoms with E-state index in [-0.39, 0.29) is 17.6 Å². The first kappa shape index (κ1) is 14.0. The summed E-state index contributed by atoms with van der Waals surface area (Å²) in [5, 5.41) is 5.59. The summed E-state index contributed by atoms with van der Waals surface area (Å²) in [6.07, 6.45) is 6.53. The van der Waals surface area contributed by atoms with Crippen LogP contribution in [0.1, 0.15) is 52.9 Å². The molecule has 0 unspecified atom stereocenters. The fraction of sp³-hybridized carbons (Fsp3) is 0.846. The number of carbonyl (C=O) groups excluding carboxylic acids is 2. The molecule has 0 saturated heterocycles. The fourth-order valence-corrected chi connectivity index (χ4v) is 2.28. The quantitative estimate of drug-likeness (QED) is 0.743. The van der Waals surface area contributed by atoms with E-state index in [1.807, 2.05) is 20.8 Å². The van der Waals surface area contributed by atoms with Crippen molar-refractivity contribution in [3.8, 4) is 0 Å². The summed E-state index contributed by atoms with van der Waals surface area (Å²) in [6, 6.07) is -0.585. The van der Waals surface area contributed by atoms with Gasteiger partial charge in [-0.25, -0.2) is 4.79 Å². The molecule has 1 rings (SSSR count). The van der Waals surface area contributed by atoms with Gasteiger partial charge in [0.1, 0.15) is 6.29 Å². The van der Waals surface area contributed by atoms with Gasteiger partial charge in [0.15, 0.2) is 0 Å². The molecular weight excluding hydrogens is 216 g/mol. The molecule has 0 aliphatic heterocycles. The van der Waals surface area contributed by atoms with Gasteiger partial charge in [0.05, 0.1) is 6.04 Å². The Morgan fingerprint density at radius 2 is 1.82 bits per heavy atom. The van der Waals surface area contributed by atoms with Crippen LogP contribution >= 0.6 is 0 Å². The van der Waals surface area contributed by atoms with E-state index in [1.165, 1.54) is 6.42 Å². The molecule has 0 radical (unpaired) electrons. The molecule has 0 bridgehead atoms. The van der Waals surface area contributed by atoms with Gasteiger partial charge in [-0.05, 0) is 39.5 Å². The zero-order valence-corrected chi connectivity index (χ0v) is 11.1. The van der Waals surface area contributed by atoms with Gasteiger partial charge in [0.2, 0.25) is 0 Å². The van der Waals surface area contributed by atoms with Crippen LogP contribution in [0.2, 0.25) is 0 Å². The number of urea groups is 1. The molecule has 1 fully saturated rings. The Morgan fingerprint density at radius 1 is 1.24 bits per heavy atom. The second-order valence-electron chi connectivity index (χ2n) is 5.91. The first-order valence-corrected chi connectivity index (χ1v) is 6.46. The summed E-state index contributed by atoms with van der Waals surface area (Å²) >= 11 is 0. The summed E-state index contributed by atoms with van der Waals surface area (Å²) in [5.74, 6) is 0.312. The van der Waals surface area contributed by atoms with Gasteiger partial charge >= 0.3 is 6.03 Å². The van der Waals surface area contributed by atoms with Crippen LogP contribution < -0.4 is 10.6 Å².